The lowest BCUT2D eigenvalue weighted by Crippen LogP contribution is -1.83. The van der Waals surface area contributed by atoms with Crippen molar-refractivity contribution in [3.05, 3.63) is 206 Å². The minimum Gasteiger partial charge on any atom is -0.473 e. The van der Waals surface area contributed by atoms with E-state index in [4.69, 9.17) is 0 Å². The van der Waals surface area contributed by atoms with E-state index in [2.05, 4.69) is 43.1 Å². The third-order valence-corrected chi connectivity index (χ3v) is 6.69. The fraction of sp³-hybridized carbons (Fsp3) is 0.541. The summed E-state index contributed by atoms with van der Waals surface area (Å²) >= 11 is 4.78. The Kier molecular flexibility index (Phi) is 304. The molecule has 0 saturated heterocycles. The Hall–Kier alpha value is -6.36. The van der Waals surface area contributed by atoms with Gasteiger partial charge >= 0.3 is 0 Å². The number of aryl methyl sites for hydroxylation is 4. The number of oxazole rings is 1. The highest BCUT2D eigenvalue weighted by atomic mass is 32.1. The number of thiazole rings is 1. The number of rotatable bonds is 0. The Morgan fingerprint density at radius 3 is 0.744 bits per heavy atom. The molecule has 0 aliphatic carbocycles. The molecule has 10 aromatic heterocycles. The van der Waals surface area contributed by atoms with Crippen molar-refractivity contribution in [2.24, 2.45) is 28.2 Å². The fourth-order valence-corrected chi connectivity index (χ4v) is 3.84. The largest absolute Gasteiger partial charge is 0.473 e. The van der Waals surface area contributed by atoms with Crippen LogP contribution in [0.25, 0.3) is 0 Å². The lowest BCUT2D eigenvalue weighted by molar-refractivity contribution is 0.420. The van der Waals surface area contributed by atoms with E-state index in [1.807, 2.05) is 412 Å². The zero-order valence-electron chi connectivity index (χ0n) is 66.6. The van der Waals surface area contributed by atoms with Crippen LogP contribution >= 0.6 is 34.2 Å². The van der Waals surface area contributed by atoms with E-state index in [0.717, 1.165) is 0 Å². The van der Waals surface area contributed by atoms with Gasteiger partial charge in [0.25, 0.3) is 0 Å². The summed E-state index contributed by atoms with van der Waals surface area (Å²) in [6, 6.07) is 23.1. The molecule has 0 fully saturated rings. The Bertz CT molecular complexity index is 1450. The summed E-state index contributed by atoms with van der Waals surface area (Å²) in [4.78, 5) is 7.30. The van der Waals surface area contributed by atoms with Gasteiger partial charge in [-0.05, 0) is 83.0 Å². The van der Waals surface area contributed by atoms with Crippen LogP contribution in [0.3, 0.4) is 0 Å². The molecule has 0 atom stereocenters. The van der Waals surface area contributed by atoms with Crippen LogP contribution in [-0.4, -0.2) is 48.2 Å². The third-order valence-electron chi connectivity index (χ3n) is 5.02. The molecule has 13 nitrogen and oxygen atoms in total. The van der Waals surface area contributed by atoms with E-state index in [0.29, 0.717) is 0 Å². The molecule has 0 saturated carbocycles. The highest BCUT2D eigenvalue weighted by molar-refractivity contribution is 7.07. The van der Waals surface area contributed by atoms with Crippen LogP contribution in [-0.2, 0) is 28.2 Å². The summed E-state index contributed by atoms with van der Waals surface area (Å²) in [5, 5.41) is 19.0. The number of hydrogen-bond acceptors (Lipinski definition) is 12. The molecule has 10 aromatic rings. The monoisotopic (exact) mass is 1330 g/mol. The van der Waals surface area contributed by atoms with Gasteiger partial charge in [0, 0.05) is 101 Å². The topological polar surface area (TPSA) is 136 Å². The average molecular weight is 1330 g/mol. The maximum atomic E-state index is 4.58. The first-order valence-corrected chi connectivity index (χ1v) is 36.6. The first-order chi connectivity index (χ1) is 44.6. The van der Waals surface area contributed by atoms with Gasteiger partial charge in [0.05, 0.1) is 30.4 Å². The van der Waals surface area contributed by atoms with Gasteiger partial charge in [-0.25, -0.2) is 9.36 Å². The molecule has 0 amide bonds. The van der Waals surface area contributed by atoms with E-state index in [1.165, 1.54) is 30.5 Å². The van der Waals surface area contributed by atoms with Crippen LogP contribution in [0.1, 0.15) is 249 Å². The highest BCUT2D eigenvalue weighted by Crippen LogP contribution is 1.91. The summed E-state index contributed by atoms with van der Waals surface area (Å²) in [5.41, 5.74) is 1.79. The second kappa shape index (κ2) is 207. The van der Waals surface area contributed by atoms with Gasteiger partial charge in [-0.3, -0.25) is 14.3 Å². The van der Waals surface area contributed by atoms with Gasteiger partial charge in [0.15, 0.2) is 6.39 Å². The highest BCUT2D eigenvalue weighted by Gasteiger charge is 1.71. The molecular weight excluding hydrogens is 1170 g/mol. The van der Waals surface area contributed by atoms with Crippen LogP contribution < -0.4 is 0 Å². The maximum Gasteiger partial charge on any atom is 0.180 e. The Morgan fingerprint density at radius 1 is 0.278 bits per heavy atom. The maximum absolute atomic E-state index is 4.58. The quantitative estimate of drug-likeness (QED) is 0.145. The SMILES string of the molecule is CC.CC.CC.CC.CC.CC.CC.CC.CC.CC.CC.CC.CC.CC.CC.CC.CC.CC.Cn1cccc1.Cn1cccc1.Cn1cccn1.Cn1cccn1.c1ccoc1.c1ccsc1.c1cnoc1.c1cnsc1.c1cocn1.c1cscn1. The summed E-state index contributed by atoms with van der Waals surface area (Å²) in [7, 11) is 7.78. The van der Waals surface area contributed by atoms with E-state index < -0.39 is 0 Å². The molecule has 0 bridgehead atoms. The van der Waals surface area contributed by atoms with E-state index in [1.54, 1.807) is 93.3 Å². The summed E-state index contributed by atoms with van der Waals surface area (Å²) in [6.07, 6.45) is 29.6. The van der Waals surface area contributed by atoms with Gasteiger partial charge < -0.3 is 22.5 Å². The van der Waals surface area contributed by atoms with Crippen molar-refractivity contribution < 1.29 is 13.4 Å². The van der Waals surface area contributed by atoms with Gasteiger partial charge in [-0.1, -0.05) is 267 Å². The molecule has 0 radical (unpaired) electrons. The van der Waals surface area contributed by atoms with E-state index >= 15 is 0 Å². The van der Waals surface area contributed by atoms with Crippen LogP contribution in [0.15, 0.2) is 219 Å². The van der Waals surface area contributed by atoms with Crippen LogP contribution in [0, 0.1) is 0 Å². The first-order valence-electron chi connectivity index (χ1n) is 33.9. The normalized spacial score (nSPS) is 6.22. The minimum absolute atomic E-state index is 1.38. The predicted octanol–water partition coefficient (Wildman–Crippen LogP) is 28.0. The standard InChI is InChI=1S/2C5H7N.2C4H6N2.C4H4O.C4H4S.2C3H3NO.2C3H3NS.18C2H6/c4*1-6-4-2-3-5-6;2*1-2-4-5-3-1;1-2-5-3-4-1;1-2-4-5-3-1;1-2-5-3-4-1;1-2-4-5-3-1;18*1-2/h2*2-5H,1H3;2*2-4H,1H3;2*1-4H;4*1-3H;18*1-2H3. The molecule has 90 heavy (non-hydrogen) atoms. The second-order valence-corrected chi connectivity index (χ2v) is 11.6. The van der Waals surface area contributed by atoms with Gasteiger partial charge in [-0.2, -0.15) is 21.5 Å². The summed E-state index contributed by atoms with van der Waals surface area (Å²) < 4.78 is 24.7. The average Bonchev–Trinajstić information content (AvgIpc) is 4.49. The van der Waals surface area contributed by atoms with Gasteiger partial charge in [0.1, 0.15) is 12.5 Å². The number of thiophene rings is 1. The van der Waals surface area contributed by atoms with E-state index in [9.17, 15) is 0 Å². The molecular formula is C74H154N10O3S3. The van der Waals surface area contributed by atoms with Crippen molar-refractivity contribution in [1.82, 2.24) is 48.2 Å². The Labute approximate surface area is 575 Å². The van der Waals surface area contributed by atoms with Crippen LogP contribution in [0.5, 0.6) is 0 Å². The van der Waals surface area contributed by atoms with Gasteiger partial charge in [-0.15, -0.1) is 11.3 Å². The lowest BCUT2D eigenvalue weighted by atomic mass is 10.7. The number of aromatic nitrogens is 10. The van der Waals surface area contributed by atoms with Crippen molar-refractivity contribution in [1.29, 1.82) is 0 Å². The molecule has 0 N–H and O–H groups in total. The minimum atomic E-state index is 1.38. The first kappa shape index (κ1) is 133. The Morgan fingerprint density at radius 2 is 0.656 bits per heavy atom. The van der Waals surface area contributed by atoms with Crippen LogP contribution in [0.2, 0.25) is 0 Å². The predicted molar refractivity (Wildman–Crippen MR) is 422 cm³/mol. The summed E-state index contributed by atoms with van der Waals surface area (Å²) in [6.45, 7) is 72.0. The molecule has 10 heterocycles. The van der Waals surface area contributed by atoms with E-state index in [-0.39, 0.29) is 0 Å². The lowest BCUT2D eigenvalue weighted by Gasteiger charge is -1.79. The molecule has 10 rings (SSSR count). The van der Waals surface area contributed by atoms with Gasteiger partial charge in [0.2, 0.25) is 0 Å². The zero-order chi connectivity index (χ0) is 74.8. The number of furan rings is 1. The summed E-state index contributed by atoms with van der Waals surface area (Å²) in [5.74, 6) is 0. The molecule has 16 heteroatoms. The number of nitrogens with zero attached hydrogens (tertiary/aromatic N) is 10. The zero-order valence-corrected chi connectivity index (χ0v) is 69.0. The van der Waals surface area contributed by atoms with Crippen molar-refractivity contribution in [2.75, 3.05) is 0 Å². The molecule has 0 aromatic carbocycles. The van der Waals surface area contributed by atoms with Crippen molar-refractivity contribution in [3.8, 4) is 0 Å². The van der Waals surface area contributed by atoms with Crippen LogP contribution in [0.4, 0.5) is 0 Å². The molecule has 0 aliphatic heterocycles. The van der Waals surface area contributed by atoms with Crippen molar-refractivity contribution >= 4 is 34.2 Å². The second-order valence-electron chi connectivity index (χ2n) is 9.37. The third kappa shape index (κ3) is 199. The molecule has 0 spiro atoms. The van der Waals surface area contributed by atoms with Crippen molar-refractivity contribution in [2.45, 2.75) is 249 Å². The Balaban J connectivity index is -0.0000000379. The fourth-order valence-electron chi connectivity index (χ4n) is 2.69. The molecule has 0 aliphatic rings. The molecule has 0 unspecified atom stereocenters. The number of hydrogen-bond donors (Lipinski definition) is 0. The smallest absolute Gasteiger partial charge is 0.180 e. The molecule has 536 valence electrons. The van der Waals surface area contributed by atoms with Crippen molar-refractivity contribution in [3.63, 3.8) is 0 Å².